The molecule has 1 fully saturated rings. The third-order valence-corrected chi connectivity index (χ3v) is 5.86. The molecule has 2 heterocycles. The standard InChI is InChI=1S/C23H27F3N6O.ClH/c1-33-15-14-32-22(27-28-29-32)21(19-8-5-9-20(16-19)23(24,25)26)31-12-10-30(11-13-31)17-18-6-3-2-4-7-18;/h2-9,16,21H,10-15,17H2,1H3;1H/p-1. The predicted octanol–water partition coefficient (Wildman–Crippen LogP) is 0.250. The van der Waals surface area contributed by atoms with E-state index in [4.69, 9.17) is 4.74 Å². The van der Waals surface area contributed by atoms with Crippen molar-refractivity contribution >= 4 is 0 Å². The zero-order chi connectivity index (χ0) is 23.3. The molecule has 7 nitrogen and oxygen atoms in total. The van der Waals surface area contributed by atoms with Crippen LogP contribution in [0.3, 0.4) is 0 Å². The van der Waals surface area contributed by atoms with Crippen LogP contribution in [-0.2, 0) is 24.0 Å². The summed E-state index contributed by atoms with van der Waals surface area (Å²) >= 11 is 0. The number of benzene rings is 2. The fourth-order valence-electron chi connectivity index (χ4n) is 4.17. The fourth-order valence-corrected chi connectivity index (χ4v) is 4.17. The molecule has 0 saturated carbocycles. The van der Waals surface area contributed by atoms with E-state index in [0.717, 1.165) is 25.7 Å². The lowest BCUT2D eigenvalue weighted by Gasteiger charge is -2.39. The Balaban J connectivity index is 0.00000324. The Bertz CT molecular complexity index is 1020. The van der Waals surface area contributed by atoms with Gasteiger partial charge in [0.15, 0.2) is 5.82 Å². The molecule has 0 aliphatic carbocycles. The Morgan fingerprint density at radius 1 is 1.00 bits per heavy atom. The van der Waals surface area contributed by atoms with Crippen LogP contribution in [-0.4, -0.2) is 69.9 Å². The molecular formula is C23H27ClF3N6O-. The average Bonchev–Trinajstić information content (AvgIpc) is 3.27. The Morgan fingerprint density at radius 3 is 2.41 bits per heavy atom. The molecule has 0 N–H and O–H groups in total. The van der Waals surface area contributed by atoms with Gasteiger partial charge < -0.3 is 17.1 Å². The van der Waals surface area contributed by atoms with Crippen LogP contribution in [0.2, 0.25) is 0 Å². The Kier molecular flexibility index (Phi) is 9.01. The third kappa shape index (κ3) is 6.32. The minimum Gasteiger partial charge on any atom is -1.00 e. The van der Waals surface area contributed by atoms with Gasteiger partial charge in [0.1, 0.15) is 0 Å². The lowest BCUT2D eigenvalue weighted by atomic mass is 10.0. The van der Waals surface area contributed by atoms with Crippen molar-refractivity contribution in [3.05, 3.63) is 77.1 Å². The van der Waals surface area contributed by atoms with E-state index < -0.39 is 17.8 Å². The molecule has 1 saturated heterocycles. The van der Waals surface area contributed by atoms with E-state index in [9.17, 15) is 13.2 Å². The molecule has 1 unspecified atom stereocenters. The summed E-state index contributed by atoms with van der Waals surface area (Å²) in [6.45, 7) is 4.62. The van der Waals surface area contributed by atoms with E-state index in [0.29, 0.717) is 37.6 Å². The Hall–Kier alpha value is -2.53. The highest BCUT2D eigenvalue weighted by Gasteiger charge is 2.34. The summed E-state index contributed by atoms with van der Waals surface area (Å²) in [5.41, 5.74) is 1.09. The first-order valence-corrected chi connectivity index (χ1v) is 10.9. The van der Waals surface area contributed by atoms with Crippen LogP contribution < -0.4 is 12.4 Å². The number of alkyl halides is 3. The first-order chi connectivity index (χ1) is 16.0. The molecule has 1 aliphatic rings. The molecule has 1 aromatic heterocycles. The highest BCUT2D eigenvalue weighted by Crippen LogP contribution is 2.34. The minimum atomic E-state index is -4.42. The zero-order valence-corrected chi connectivity index (χ0v) is 19.6. The van der Waals surface area contributed by atoms with Crippen LogP contribution in [0.25, 0.3) is 0 Å². The lowest BCUT2D eigenvalue weighted by Crippen LogP contribution is -3.00. The second-order valence-corrected chi connectivity index (χ2v) is 8.08. The van der Waals surface area contributed by atoms with Crippen LogP contribution in [0.4, 0.5) is 13.2 Å². The van der Waals surface area contributed by atoms with Gasteiger partial charge in [0.2, 0.25) is 0 Å². The van der Waals surface area contributed by atoms with Crippen molar-refractivity contribution < 1.29 is 30.3 Å². The van der Waals surface area contributed by atoms with Gasteiger partial charge in [-0.2, -0.15) is 13.2 Å². The van der Waals surface area contributed by atoms with Crippen molar-refractivity contribution in [2.75, 3.05) is 39.9 Å². The SMILES string of the molecule is COCCn1nnnc1C(c1cccc(C(F)(F)F)c1)N1CCN(Cc2ccccc2)CC1.[Cl-]. The van der Waals surface area contributed by atoms with Crippen molar-refractivity contribution in [1.29, 1.82) is 0 Å². The number of piperazine rings is 1. The van der Waals surface area contributed by atoms with Crippen LogP contribution in [0.5, 0.6) is 0 Å². The largest absolute Gasteiger partial charge is 1.00 e. The third-order valence-electron chi connectivity index (χ3n) is 5.86. The second-order valence-electron chi connectivity index (χ2n) is 8.08. The van der Waals surface area contributed by atoms with Gasteiger partial charge in [0, 0.05) is 39.8 Å². The van der Waals surface area contributed by atoms with Gasteiger partial charge >= 0.3 is 6.18 Å². The number of halogens is 4. The maximum absolute atomic E-state index is 13.4. The van der Waals surface area contributed by atoms with Gasteiger partial charge in [0.05, 0.1) is 24.8 Å². The highest BCUT2D eigenvalue weighted by molar-refractivity contribution is 5.31. The van der Waals surface area contributed by atoms with E-state index in [-0.39, 0.29) is 12.4 Å². The quantitative estimate of drug-likeness (QED) is 0.446. The first kappa shape index (κ1) is 26.1. The summed E-state index contributed by atoms with van der Waals surface area (Å²) in [6.07, 6.45) is -4.42. The fraction of sp³-hybridized carbons (Fsp3) is 0.435. The average molecular weight is 496 g/mol. The molecule has 2 aromatic carbocycles. The molecule has 34 heavy (non-hydrogen) atoms. The van der Waals surface area contributed by atoms with Crippen LogP contribution in [0.1, 0.15) is 28.6 Å². The number of hydrogen-bond acceptors (Lipinski definition) is 6. The van der Waals surface area contributed by atoms with Crippen molar-refractivity contribution in [3.63, 3.8) is 0 Å². The molecule has 4 rings (SSSR count). The highest BCUT2D eigenvalue weighted by atomic mass is 35.5. The number of rotatable bonds is 8. The maximum atomic E-state index is 13.4. The van der Waals surface area contributed by atoms with Crippen molar-refractivity contribution in [2.24, 2.45) is 0 Å². The van der Waals surface area contributed by atoms with Gasteiger partial charge in [-0.3, -0.25) is 9.80 Å². The summed E-state index contributed by atoms with van der Waals surface area (Å²) in [5.74, 6) is 0.517. The van der Waals surface area contributed by atoms with Crippen LogP contribution >= 0.6 is 0 Å². The molecule has 184 valence electrons. The zero-order valence-electron chi connectivity index (χ0n) is 18.8. The molecule has 11 heteroatoms. The summed E-state index contributed by atoms with van der Waals surface area (Å²) in [6, 6.07) is 15.2. The molecule has 0 amide bonds. The summed E-state index contributed by atoms with van der Waals surface area (Å²) < 4.78 is 47.1. The number of hydrogen-bond donors (Lipinski definition) is 0. The van der Waals surface area contributed by atoms with E-state index in [1.54, 1.807) is 17.9 Å². The van der Waals surface area contributed by atoms with E-state index >= 15 is 0 Å². The van der Waals surface area contributed by atoms with E-state index in [1.807, 2.05) is 18.2 Å². The smallest absolute Gasteiger partial charge is 0.416 e. The normalized spacial score (nSPS) is 16.2. The Morgan fingerprint density at radius 2 is 1.74 bits per heavy atom. The van der Waals surface area contributed by atoms with E-state index in [2.05, 4.69) is 37.5 Å². The topological polar surface area (TPSA) is 59.3 Å². The monoisotopic (exact) mass is 495 g/mol. The summed E-state index contributed by atoms with van der Waals surface area (Å²) in [5, 5.41) is 12.1. The van der Waals surface area contributed by atoms with Crippen LogP contribution in [0, 0.1) is 0 Å². The maximum Gasteiger partial charge on any atom is 0.416 e. The summed E-state index contributed by atoms with van der Waals surface area (Å²) in [4.78, 5) is 4.51. The minimum absolute atomic E-state index is 0. The van der Waals surface area contributed by atoms with Crippen molar-refractivity contribution in [2.45, 2.75) is 25.3 Å². The van der Waals surface area contributed by atoms with Gasteiger partial charge in [-0.05, 0) is 33.7 Å². The molecule has 1 aliphatic heterocycles. The molecule has 1 atom stereocenters. The van der Waals surface area contributed by atoms with Crippen LogP contribution in [0.15, 0.2) is 54.6 Å². The first-order valence-electron chi connectivity index (χ1n) is 10.9. The lowest BCUT2D eigenvalue weighted by molar-refractivity contribution is -0.137. The summed E-state index contributed by atoms with van der Waals surface area (Å²) in [7, 11) is 1.58. The number of methoxy groups -OCH3 is 1. The van der Waals surface area contributed by atoms with E-state index in [1.165, 1.54) is 17.7 Å². The number of aromatic nitrogens is 4. The molecular weight excluding hydrogens is 469 g/mol. The molecule has 3 aromatic rings. The van der Waals surface area contributed by atoms with Gasteiger partial charge in [-0.1, -0.05) is 42.5 Å². The number of ether oxygens (including phenoxy) is 1. The number of tetrazole rings is 1. The van der Waals surface area contributed by atoms with Crippen molar-refractivity contribution in [1.82, 2.24) is 30.0 Å². The van der Waals surface area contributed by atoms with Crippen molar-refractivity contribution in [3.8, 4) is 0 Å². The van der Waals surface area contributed by atoms with Gasteiger partial charge in [-0.25, -0.2) is 4.68 Å². The second kappa shape index (κ2) is 11.7. The van der Waals surface area contributed by atoms with Gasteiger partial charge in [-0.15, -0.1) is 5.10 Å². The Labute approximate surface area is 202 Å². The molecule has 0 radical (unpaired) electrons. The number of nitrogens with zero attached hydrogens (tertiary/aromatic N) is 6. The predicted molar refractivity (Wildman–Crippen MR) is 116 cm³/mol. The molecule has 0 bridgehead atoms. The molecule has 0 spiro atoms. The van der Waals surface area contributed by atoms with Gasteiger partial charge in [0.25, 0.3) is 0 Å².